The summed E-state index contributed by atoms with van der Waals surface area (Å²) in [5.74, 6) is 0.509. The molecular weight excluding hydrogens is 410 g/mol. The normalized spacial score (nSPS) is 11.6. The van der Waals surface area contributed by atoms with Crippen molar-refractivity contribution in [3.05, 3.63) is 71.4 Å². The fourth-order valence-electron chi connectivity index (χ4n) is 2.86. The van der Waals surface area contributed by atoms with E-state index in [1.807, 2.05) is 43.3 Å². The van der Waals surface area contributed by atoms with E-state index >= 15 is 0 Å². The fraction of sp³-hybridized carbons (Fsp3) is 0.0500. The van der Waals surface area contributed by atoms with Gasteiger partial charge in [0, 0.05) is 21.8 Å². The van der Waals surface area contributed by atoms with Crippen LogP contribution in [0.2, 0.25) is 5.02 Å². The molecule has 0 aliphatic carbocycles. The molecule has 9 heteroatoms. The van der Waals surface area contributed by atoms with Gasteiger partial charge in [0.15, 0.2) is 5.82 Å². The fourth-order valence-corrected chi connectivity index (χ4v) is 3.50. The van der Waals surface area contributed by atoms with Gasteiger partial charge in [0.05, 0.1) is 16.3 Å². The van der Waals surface area contributed by atoms with E-state index in [-0.39, 0.29) is 4.90 Å². The van der Waals surface area contributed by atoms with Crippen molar-refractivity contribution in [3.8, 4) is 34.0 Å². The predicted molar refractivity (Wildman–Crippen MR) is 112 cm³/mol. The number of hydrogen-bond acceptors (Lipinski definition) is 5. The minimum atomic E-state index is -3.73. The Labute approximate surface area is 172 Å². The third-order valence-electron chi connectivity index (χ3n) is 4.29. The van der Waals surface area contributed by atoms with Gasteiger partial charge in [-0.15, -0.1) is 0 Å². The van der Waals surface area contributed by atoms with Gasteiger partial charge in [0.2, 0.25) is 10.0 Å². The molecule has 0 fully saturated rings. The van der Waals surface area contributed by atoms with Crippen LogP contribution in [0.15, 0.2) is 65.6 Å². The number of nitrogens with two attached hydrogens (primary N) is 1. The first kappa shape index (κ1) is 19.3. The molecule has 0 aliphatic heterocycles. The van der Waals surface area contributed by atoms with Crippen LogP contribution in [-0.2, 0) is 10.0 Å². The SMILES string of the molecule is Cc1cc(-c2ccc(Cl)cc2)nc(-c2cc(-c3ccc(S(N)(=O)=O)cc3)n[nH]2)n1. The smallest absolute Gasteiger partial charge is 0.238 e. The van der Waals surface area contributed by atoms with Gasteiger partial charge in [-0.1, -0.05) is 35.9 Å². The molecule has 4 rings (SSSR count). The molecule has 4 aromatic rings. The highest BCUT2D eigenvalue weighted by atomic mass is 35.5. The summed E-state index contributed by atoms with van der Waals surface area (Å²) in [7, 11) is -3.73. The zero-order chi connectivity index (χ0) is 20.6. The maximum absolute atomic E-state index is 11.4. The van der Waals surface area contributed by atoms with Crippen LogP contribution in [0, 0.1) is 6.92 Å². The maximum atomic E-state index is 11.4. The van der Waals surface area contributed by atoms with Crippen molar-refractivity contribution in [2.45, 2.75) is 11.8 Å². The Morgan fingerprint density at radius 1 is 0.897 bits per heavy atom. The summed E-state index contributed by atoms with van der Waals surface area (Å²) in [5, 5.41) is 13.0. The molecule has 29 heavy (non-hydrogen) atoms. The van der Waals surface area contributed by atoms with E-state index < -0.39 is 10.0 Å². The Balaban J connectivity index is 1.68. The first-order valence-corrected chi connectivity index (χ1v) is 10.5. The minimum absolute atomic E-state index is 0.0478. The summed E-state index contributed by atoms with van der Waals surface area (Å²) in [6.07, 6.45) is 0. The molecule has 3 N–H and O–H groups in total. The number of hydrogen-bond donors (Lipinski definition) is 2. The van der Waals surface area contributed by atoms with Crippen molar-refractivity contribution in [2.75, 3.05) is 0 Å². The van der Waals surface area contributed by atoms with Crippen LogP contribution in [0.1, 0.15) is 5.69 Å². The van der Waals surface area contributed by atoms with Crippen LogP contribution in [0.5, 0.6) is 0 Å². The Morgan fingerprint density at radius 2 is 1.52 bits per heavy atom. The van der Waals surface area contributed by atoms with Gasteiger partial charge in [0.1, 0.15) is 5.69 Å². The summed E-state index contributed by atoms with van der Waals surface area (Å²) >= 11 is 5.97. The van der Waals surface area contributed by atoms with Gasteiger partial charge in [-0.3, -0.25) is 5.10 Å². The number of benzene rings is 2. The molecule has 0 bridgehead atoms. The number of aryl methyl sites for hydroxylation is 1. The Bertz CT molecular complexity index is 1280. The van der Waals surface area contributed by atoms with E-state index in [2.05, 4.69) is 20.2 Å². The van der Waals surface area contributed by atoms with Gasteiger partial charge in [-0.25, -0.2) is 23.5 Å². The second kappa shape index (κ2) is 7.40. The molecule has 0 radical (unpaired) electrons. The molecule has 7 nitrogen and oxygen atoms in total. The number of rotatable bonds is 4. The summed E-state index contributed by atoms with van der Waals surface area (Å²) in [6.45, 7) is 1.90. The molecule has 2 heterocycles. The highest BCUT2D eigenvalue weighted by Gasteiger charge is 2.12. The lowest BCUT2D eigenvalue weighted by Gasteiger charge is -2.05. The monoisotopic (exact) mass is 425 g/mol. The lowest BCUT2D eigenvalue weighted by molar-refractivity contribution is 0.598. The molecule has 0 saturated carbocycles. The van der Waals surface area contributed by atoms with Crippen molar-refractivity contribution < 1.29 is 8.42 Å². The highest BCUT2D eigenvalue weighted by Crippen LogP contribution is 2.26. The van der Waals surface area contributed by atoms with Crippen molar-refractivity contribution in [1.82, 2.24) is 20.2 Å². The van der Waals surface area contributed by atoms with Crippen molar-refractivity contribution >= 4 is 21.6 Å². The molecule has 0 unspecified atom stereocenters. The Kier molecular flexibility index (Phi) is 4.91. The van der Waals surface area contributed by atoms with Crippen LogP contribution in [0.25, 0.3) is 34.0 Å². The second-order valence-electron chi connectivity index (χ2n) is 6.46. The third kappa shape index (κ3) is 4.19. The second-order valence-corrected chi connectivity index (χ2v) is 8.46. The number of aromatic amines is 1. The lowest BCUT2D eigenvalue weighted by Crippen LogP contribution is -2.11. The van der Waals surface area contributed by atoms with E-state index in [1.54, 1.807) is 12.1 Å². The van der Waals surface area contributed by atoms with Gasteiger partial charge in [0.25, 0.3) is 0 Å². The summed E-state index contributed by atoms with van der Waals surface area (Å²) in [4.78, 5) is 9.18. The van der Waals surface area contributed by atoms with Gasteiger partial charge >= 0.3 is 0 Å². The van der Waals surface area contributed by atoms with E-state index in [9.17, 15) is 8.42 Å². The van der Waals surface area contributed by atoms with Crippen molar-refractivity contribution in [3.63, 3.8) is 0 Å². The quantitative estimate of drug-likeness (QED) is 0.516. The largest absolute Gasteiger partial charge is 0.274 e. The molecule has 0 amide bonds. The standard InChI is InChI=1S/C20H16ClN5O2S/c1-12-10-17(13-2-6-15(21)7-3-13)24-20(23-12)19-11-18(25-26-19)14-4-8-16(9-5-14)29(22,27)28/h2-11H,1H3,(H,25,26)(H2,22,27,28). The summed E-state index contributed by atoms with van der Waals surface area (Å²) < 4.78 is 22.8. The molecule has 0 aliphatic rings. The number of aromatic nitrogens is 4. The van der Waals surface area contributed by atoms with Crippen molar-refractivity contribution in [2.24, 2.45) is 5.14 Å². The first-order valence-electron chi connectivity index (χ1n) is 8.60. The number of nitrogens with one attached hydrogen (secondary N) is 1. The van der Waals surface area contributed by atoms with E-state index in [4.69, 9.17) is 16.7 Å². The maximum Gasteiger partial charge on any atom is 0.238 e. The summed E-state index contributed by atoms with van der Waals surface area (Å²) in [5.41, 5.74) is 4.55. The minimum Gasteiger partial charge on any atom is -0.274 e. The number of H-pyrrole nitrogens is 1. The molecule has 2 aromatic carbocycles. The number of sulfonamides is 1. The van der Waals surface area contributed by atoms with Crippen LogP contribution < -0.4 is 5.14 Å². The number of halogens is 1. The number of nitrogens with zero attached hydrogens (tertiary/aromatic N) is 3. The lowest BCUT2D eigenvalue weighted by atomic mass is 10.1. The van der Waals surface area contributed by atoms with Gasteiger partial charge < -0.3 is 0 Å². The van der Waals surface area contributed by atoms with E-state index in [0.717, 1.165) is 22.5 Å². The molecule has 2 aromatic heterocycles. The van der Waals surface area contributed by atoms with Gasteiger partial charge in [-0.05, 0) is 43.3 Å². The zero-order valence-corrected chi connectivity index (χ0v) is 16.9. The first-order chi connectivity index (χ1) is 13.8. The predicted octanol–water partition coefficient (Wildman–Crippen LogP) is 3.81. The van der Waals surface area contributed by atoms with Crippen LogP contribution in [-0.4, -0.2) is 28.6 Å². The molecule has 0 saturated heterocycles. The topological polar surface area (TPSA) is 115 Å². The third-order valence-corrected chi connectivity index (χ3v) is 5.47. The Hall–Kier alpha value is -3.07. The zero-order valence-electron chi connectivity index (χ0n) is 15.3. The van der Waals surface area contributed by atoms with E-state index in [1.165, 1.54) is 12.1 Å². The van der Waals surface area contributed by atoms with Crippen LogP contribution >= 0.6 is 11.6 Å². The number of primary sulfonamides is 1. The molecular formula is C20H16ClN5O2S. The Morgan fingerprint density at radius 3 is 2.17 bits per heavy atom. The molecule has 0 spiro atoms. The van der Waals surface area contributed by atoms with Crippen molar-refractivity contribution in [1.29, 1.82) is 0 Å². The molecule has 146 valence electrons. The van der Waals surface area contributed by atoms with Crippen LogP contribution in [0.3, 0.4) is 0 Å². The van der Waals surface area contributed by atoms with Gasteiger partial charge in [-0.2, -0.15) is 5.10 Å². The highest BCUT2D eigenvalue weighted by molar-refractivity contribution is 7.89. The van der Waals surface area contributed by atoms with E-state index in [0.29, 0.717) is 22.2 Å². The average Bonchev–Trinajstić information content (AvgIpc) is 3.18. The molecule has 0 atom stereocenters. The average molecular weight is 426 g/mol. The van der Waals surface area contributed by atoms with Crippen LogP contribution in [0.4, 0.5) is 0 Å². The summed E-state index contributed by atoms with van der Waals surface area (Å²) in [6, 6.07) is 17.3.